The van der Waals surface area contributed by atoms with Crippen LogP contribution >= 0.6 is 0 Å². The number of hydrogen-bond donors (Lipinski definition) is 1. The second-order valence-electron chi connectivity index (χ2n) is 9.78. The van der Waals surface area contributed by atoms with Crippen molar-refractivity contribution in [3.63, 3.8) is 0 Å². The third-order valence-electron chi connectivity index (χ3n) is 6.47. The van der Waals surface area contributed by atoms with Crippen molar-refractivity contribution in [3.05, 3.63) is 58.0 Å². The summed E-state index contributed by atoms with van der Waals surface area (Å²) in [6.45, 7) is 11.6. The Bertz CT molecular complexity index is 884. The molecule has 1 amide bonds. The number of carbonyl (C=O) groups excluding carboxylic acids is 1. The Morgan fingerprint density at radius 3 is 2.33 bits per heavy atom. The summed E-state index contributed by atoms with van der Waals surface area (Å²) in [5.41, 5.74) is 5.99. The molecule has 1 saturated carbocycles. The van der Waals surface area contributed by atoms with Crippen LogP contribution in [0.15, 0.2) is 28.7 Å². The number of fused-ring (bicyclic) bond motifs is 1. The molecule has 0 saturated heterocycles. The number of furan rings is 1. The van der Waals surface area contributed by atoms with Crippen LogP contribution in [0.1, 0.15) is 91.9 Å². The number of hydrogen-bond acceptors (Lipinski definition) is 2. The van der Waals surface area contributed by atoms with Crippen molar-refractivity contribution >= 4 is 5.91 Å². The predicted molar refractivity (Wildman–Crippen MR) is 108 cm³/mol. The van der Waals surface area contributed by atoms with Crippen LogP contribution in [0.2, 0.25) is 0 Å². The number of benzene rings is 1. The van der Waals surface area contributed by atoms with Gasteiger partial charge in [0.25, 0.3) is 5.91 Å². The van der Waals surface area contributed by atoms with E-state index in [0.717, 1.165) is 25.0 Å². The molecular weight excluding hydrogens is 334 g/mol. The lowest BCUT2D eigenvalue weighted by Crippen LogP contribution is -2.34. The van der Waals surface area contributed by atoms with Crippen molar-refractivity contribution < 1.29 is 9.21 Å². The molecule has 1 heterocycles. The molecule has 0 aliphatic heterocycles. The van der Waals surface area contributed by atoms with Gasteiger partial charge in [-0.2, -0.15) is 0 Å². The van der Waals surface area contributed by atoms with E-state index in [1.54, 1.807) is 6.07 Å². The third-order valence-corrected chi connectivity index (χ3v) is 6.47. The Morgan fingerprint density at radius 1 is 1.07 bits per heavy atom. The van der Waals surface area contributed by atoms with Crippen LogP contribution in [0.4, 0.5) is 0 Å². The summed E-state index contributed by atoms with van der Waals surface area (Å²) >= 11 is 0. The second kappa shape index (κ2) is 6.25. The number of nitrogens with one attached hydrogen (secondary N) is 1. The lowest BCUT2D eigenvalue weighted by Gasteiger charge is -2.42. The van der Waals surface area contributed by atoms with Crippen molar-refractivity contribution in [1.29, 1.82) is 0 Å². The maximum Gasteiger partial charge on any atom is 0.287 e. The fraction of sp³-hybridized carbons (Fsp3) is 0.542. The summed E-state index contributed by atoms with van der Waals surface area (Å²) < 4.78 is 5.86. The van der Waals surface area contributed by atoms with E-state index >= 15 is 0 Å². The largest absolute Gasteiger partial charge is 0.456 e. The summed E-state index contributed by atoms with van der Waals surface area (Å²) in [4.78, 5) is 12.2. The molecule has 0 radical (unpaired) electrons. The normalized spacial score (nSPS) is 20.2. The van der Waals surface area contributed by atoms with Crippen LogP contribution < -0.4 is 5.32 Å². The topological polar surface area (TPSA) is 42.2 Å². The molecule has 0 spiro atoms. The van der Waals surface area contributed by atoms with Gasteiger partial charge in [-0.1, -0.05) is 39.8 Å². The van der Waals surface area contributed by atoms with E-state index in [1.165, 1.54) is 35.1 Å². The number of amides is 1. The van der Waals surface area contributed by atoms with Crippen molar-refractivity contribution in [2.75, 3.05) is 0 Å². The van der Waals surface area contributed by atoms with Crippen molar-refractivity contribution in [3.8, 4) is 0 Å². The highest BCUT2D eigenvalue weighted by atomic mass is 16.3. The molecule has 1 aromatic carbocycles. The summed E-state index contributed by atoms with van der Waals surface area (Å²) in [6, 6.07) is 8.86. The molecular formula is C24H31NO2. The highest BCUT2D eigenvalue weighted by Gasteiger charge is 2.37. The molecule has 2 aromatic rings. The van der Waals surface area contributed by atoms with Gasteiger partial charge in [0.05, 0.1) is 0 Å². The van der Waals surface area contributed by atoms with Gasteiger partial charge in [-0.3, -0.25) is 4.79 Å². The van der Waals surface area contributed by atoms with Crippen LogP contribution in [0, 0.1) is 6.92 Å². The lowest BCUT2D eigenvalue weighted by atomic mass is 9.62. The molecule has 4 rings (SSSR count). The van der Waals surface area contributed by atoms with Crippen LogP contribution in [-0.2, 0) is 17.3 Å². The highest BCUT2D eigenvalue weighted by molar-refractivity contribution is 5.91. The molecule has 2 aliphatic rings. The number of rotatable bonds is 4. The molecule has 1 fully saturated rings. The van der Waals surface area contributed by atoms with Crippen LogP contribution in [-0.4, -0.2) is 11.9 Å². The van der Waals surface area contributed by atoms with E-state index in [1.807, 2.05) is 6.07 Å². The SMILES string of the molecule is Cc1cc2c(cc1Cc1ccc(C(=O)NC3CC3)o1)C(C)(C)CCC2(C)C. The Balaban J connectivity index is 1.61. The first-order valence-corrected chi connectivity index (χ1v) is 10.2. The van der Waals surface area contributed by atoms with Crippen LogP contribution in [0.5, 0.6) is 0 Å². The minimum atomic E-state index is -0.0891. The maximum atomic E-state index is 12.2. The molecule has 27 heavy (non-hydrogen) atoms. The van der Waals surface area contributed by atoms with Crippen molar-refractivity contribution in [2.24, 2.45) is 0 Å². The van der Waals surface area contributed by atoms with Crippen LogP contribution in [0.3, 0.4) is 0 Å². The number of carbonyl (C=O) groups is 1. The van der Waals surface area contributed by atoms with E-state index in [9.17, 15) is 4.79 Å². The molecule has 3 nitrogen and oxygen atoms in total. The quantitative estimate of drug-likeness (QED) is 0.786. The lowest BCUT2D eigenvalue weighted by molar-refractivity contribution is 0.0921. The molecule has 0 bridgehead atoms. The first kappa shape index (κ1) is 18.3. The van der Waals surface area contributed by atoms with Gasteiger partial charge in [-0.25, -0.2) is 0 Å². The maximum absolute atomic E-state index is 12.2. The average Bonchev–Trinajstić information content (AvgIpc) is 3.28. The molecule has 3 heteroatoms. The summed E-state index contributed by atoms with van der Waals surface area (Å²) in [6.07, 6.45) is 5.33. The Labute approximate surface area is 162 Å². The zero-order valence-corrected chi connectivity index (χ0v) is 17.2. The van der Waals surface area contributed by atoms with E-state index < -0.39 is 0 Å². The Hall–Kier alpha value is -2.03. The standard InChI is InChI=1S/C24H31NO2/c1-15-12-19-20(24(4,5)11-10-23(19,2)3)14-16(15)13-18-8-9-21(27-18)22(26)25-17-6-7-17/h8-9,12,14,17H,6-7,10-11,13H2,1-5H3,(H,25,26). The summed E-state index contributed by atoms with van der Waals surface area (Å²) in [5.74, 6) is 1.19. The monoisotopic (exact) mass is 365 g/mol. The summed E-state index contributed by atoms with van der Waals surface area (Å²) in [5, 5.41) is 2.99. The number of aryl methyl sites for hydroxylation is 1. The zero-order chi connectivity index (χ0) is 19.4. The average molecular weight is 366 g/mol. The minimum Gasteiger partial charge on any atom is -0.456 e. The predicted octanol–water partition coefficient (Wildman–Crippen LogP) is 5.42. The van der Waals surface area contributed by atoms with E-state index in [2.05, 4.69) is 52.1 Å². The van der Waals surface area contributed by atoms with Crippen LogP contribution in [0.25, 0.3) is 0 Å². The van der Waals surface area contributed by atoms with Gasteiger partial charge in [0.15, 0.2) is 5.76 Å². The van der Waals surface area contributed by atoms with Gasteiger partial charge < -0.3 is 9.73 Å². The Morgan fingerprint density at radius 2 is 1.70 bits per heavy atom. The highest BCUT2D eigenvalue weighted by Crippen LogP contribution is 2.46. The molecule has 0 atom stereocenters. The summed E-state index contributed by atoms with van der Waals surface area (Å²) in [7, 11) is 0. The van der Waals surface area contributed by atoms with E-state index in [4.69, 9.17) is 4.42 Å². The van der Waals surface area contributed by atoms with Gasteiger partial charge in [0.1, 0.15) is 5.76 Å². The molecule has 0 unspecified atom stereocenters. The fourth-order valence-electron chi connectivity index (χ4n) is 4.22. The smallest absolute Gasteiger partial charge is 0.287 e. The van der Waals surface area contributed by atoms with Gasteiger partial charge in [-0.05, 0) is 77.8 Å². The third kappa shape index (κ3) is 3.56. The Kier molecular flexibility index (Phi) is 4.25. The fourth-order valence-corrected chi connectivity index (χ4v) is 4.22. The van der Waals surface area contributed by atoms with Gasteiger partial charge in [0.2, 0.25) is 0 Å². The van der Waals surface area contributed by atoms with Gasteiger partial charge in [0, 0.05) is 12.5 Å². The van der Waals surface area contributed by atoms with E-state index in [-0.39, 0.29) is 16.7 Å². The molecule has 1 aromatic heterocycles. The zero-order valence-electron chi connectivity index (χ0n) is 17.2. The van der Waals surface area contributed by atoms with Crippen molar-refractivity contribution in [1.82, 2.24) is 5.32 Å². The molecule has 2 aliphatic carbocycles. The van der Waals surface area contributed by atoms with E-state index in [0.29, 0.717) is 11.8 Å². The first-order valence-electron chi connectivity index (χ1n) is 10.2. The van der Waals surface area contributed by atoms with Gasteiger partial charge in [-0.15, -0.1) is 0 Å². The first-order chi connectivity index (χ1) is 12.7. The molecule has 144 valence electrons. The van der Waals surface area contributed by atoms with Gasteiger partial charge >= 0.3 is 0 Å². The van der Waals surface area contributed by atoms with Crippen molar-refractivity contribution in [2.45, 2.75) is 83.6 Å². The second-order valence-corrected chi connectivity index (χ2v) is 9.78. The molecule has 1 N–H and O–H groups in total. The minimum absolute atomic E-state index is 0.0891.